The van der Waals surface area contributed by atoms with Crippen LogP contribution in [0, 0.1) is 13.8 Å². The second-order valence-corrected chi connectivity index (χ2v) is 11.9. The number of rotatable bonds is 7. The molecule has 0 N–H and O–H groups in total. The maximum absolute atomic E-state index is 13.8. The molecule has 0 spiro atoms. The molecule has 212 valence electrons. The number of pyridine rings is 1. The minimum absolute atomic E-state index is 0.222. The first kappa shape index (κ1) is 29.7. The number of hydrogen-bond acceptors (Lipinski definition) is 4. The third kappa shape index (κ3) is 6.80. The van der Waals surface area contributed by atoms with Crippen LogP contribution in [0.1, 0.15) is 44.2 Å². The SMILES string of the molecule is Cc1ccc(C(Br)C(=O)Cl)cc1.Cc1ccc(C(C(=O)Cc2cccc3cnccc23)N2CCc3ccccc32)cc1. The molecule has 0 saturated carbocycles. The van der Waals surface area contributed by atoms with Crippen molar-refractivity contribution < 1.29 is 9.59 Å². The van der Waals surface area contributed by atoms with E-state index in [0.717, 1.165) is 40.4 Å². The molecule has 42 heavy (non-hydrogen) atoms. The smallest absolute Gasteiger partial charge is 0.239 e. The predicted molar refractivity (Wildman–Crippen MR) is 176 cm³/mol. The van der Waals surface area contributed by atoms with E-state index in [1.165, 1.54) is 22.4 Å². The Hall–Kier alpha value is -3.80. The molecule has 6 rings (SSSR count). The molecule has 1 aliphatic rings. The molecule has 0 radical (unpaired) electrons. The van der Waals surface area contributed by atoms with Gasteiger partial charge < -0.3 is 4.90 Å². The van der Waals surface area contributed by atoms with Crippen LogP contribution in [0.15, 0.2) is 109 Å². The number of carbonyl (C=O) groups is 2. The Morgan fingerprint density at radius 2 is 1.52 bits per heavy atom. The van der Waals surface area contributed by atoms with E-state index >= 15 is 0 Å². The quantitative estimate of drug-likeness (QED) is 0.132. The number of nitrogens with zero attached hydrogens (tertiary/aromatic N) is 2. The fourth-order valence-electron chi connectivity index (χ4n) is 5.41. The Morgan fingerprint density at radius 1 is 0.857 bits per heavy atom. The van der Waals surface area contributed by atoms with E-state index in [0.29, 0.717) is 6.42 Å². The van der Waals surface area contributed by atoms with E-state index in [4.69, 9.17) is 11.6 Å². The van der Waals surface area contributed by atoms with E-state index in [2.05, 4.69) is 87.3 Å². The topological polar surface area (TPSA) is 50.3 Å². The molecule has 0 bridgehead atoms. The van der Waals surface area contributed by atoms with Gasteiger partial charge in [0.25, 0.3) is 0 Å². The van der Waals surface area contributed by atoms with Gasteiger partial charge in [0.2, 0.25) is 5.24 Å². The van der Waals surface area contributed by atoms with Crippen LogP contribution in [0.2, 0.25) is 0 Å². The van der Waals surface area contributed by atoms with Gasteiger partial charge in [0.05, 0.1) is 0 Å². The molecule has 2 atom stereocenters. The van der Waals surface area contributed by atoms with Crippen LogP contribution in [0.5, 0.6) is 0 Å². The predicted octanol–water partition coefficient (Wildman–Crippen LogP) is 8.66. The van der Waals surface area contributed by atoms with Crippen molar-refractivity contribution in [3.8, 4) is 0 Å². The lowest BCUT2D eigenvalue weighted by Gasteiger charge is -2.30. The molecule has 1 aliphatic heterocycles. The zero-order valence-electron chi connectivity index (χ0n) is 23.6. The number of ketones is 1. The van der Waals surface area contributed by atoms with E-state index in [1.807, 2.05) is 55.6 Å². The second-order valence-electron chi connectivity index (χ2n) is 10.6. The normalized spacial score (nSPS) is 13.6. The van der Waals surface area contributed by atoms with Gasteiger partial charge in [-0.05, 0) is 71.6 Å². The number of fused-ring (bicyclic) bond motifs is 2. The Kier molecular flexibility index (Phi) is 9.51. The number of hydrogen-bond donors (Lipinski definition) is 0. The van der Waals surface area contributed by atoms with Gasteiger partial charge in [0, 0.05) is 36.4 Å². The maximum Gasteiger partial charge on any atom is 0.239 e. The molecule has 0 fully saturated rings. The van der Waals surface area contributed by atoms with E-state index in [-0.39, 0.29) is 21.9 Å². The number of alkyl halides is 1. The van der Waals surface area contributed by atoms with Crippen molar-refractivity contribution >= 4 is 55.0 Å². The highest BCUT2D eigenvalue weighted by molar-refractivity contribution is 9.09. The first-order valence-electron chi connectivity index (χ1n) is 14.0. The molecule has 4 nitrogen and oxygen atoms in total. The lowest BCUT2D eigenvalue weighted by molar-refractivity contribution is -0.119. The van der Waals surface area contributed by atoms with Crippen LogP contribution in [-0.2, 0) is 22.4 Å². The van der Waals surface area contributed by atoms with Crippen LogP contribution in [0.3, 0.4) is 0 Å². The maximum atomic E-state index is 13.8. The molecule has 4 aromatic carbocycles. The van der Waals surface area contributed by atoms with Gasteiger partial charge in [-0.3, -0.25) is 14.6 Å². The van der Waals surface area contributed by atoms with Gasteiger partial charge in [-0.25, -0.2) is 0 Å². The molecule has 0 aliphatic carbocycles. The fraction of sp³-hybridized carbons (Fsp3) is 0.194. The van der Waals surface area contributed by atoms with Gasteiger partial charge in [-0.15, -0.1) is 0 Å². The number of halogens is 2. The first-order chi connectivity index (χ1) is 20.3. The second kappa shape index (κ2) is 13.5. The summed E-state index contributed by atoms with van der Waals surface area (Å²) < 4.78 is 0. The van der Waals surface area contributed by atoms with Crippen molar-refractivity contribution in [2.75, 3.05) is 11.4 Å². The molecule has 0 saturated heterocycles. The molecule has 2 heterocycles. The van der Waals surface area contributed by atoms with Crippen LogP contribution >= 0.6 is 27.5 Å². The Balaban J connectivity index is 0.000000248. The highest BCUT2D eigenvalue weighted by Gasteiger charge is 2.32. The number of benzene rings is 4. The molecule has 0 amide bonds. The van der Waals surface area contributed by atoms with E-state index in [9.17, 15) is 9.59 Å². The highest BCUT2D eigenvalue weighted by atomic mass is 79.9. The average Bonchev–Trinajstić information content (AvgIpc) is 3.42. The van der Waals surface area contributed by atoms with Gasteiger partial charge in [0.15, 0.2) is 5.78 Å². The molecular weight excluding hydrogens is 608 g/mol. The molecule has 6 heteroatoms. The summed E-state index contributed by atoms with van der Waals surface area (Å²) in [6.07, 6.45) is 5.03. The summed E-state index contributed by atoms with van der Waals surface area (Å²) in [5, 5.41) is 1.78. The first-order valence-corrected chi connectivity index (χ1v) is 15.3. The van der Waals surface area contributed by atoms with Crippen molar-refractivity contribution in [2.45, 2.75) is 37.6 Å². The summed E-state index contributed by atoms with van der Waals surface area (Å²) in [4.78, 5) is 30.6. The standard InChI is InChI=1S/C27H24N2O.C9H8BrClO/c1-19-9-11-21(12-10-19)27(29-16-14-20-5-2-3-8-25(20)29)26(30)17-22-6-4-7-23-18-28-15-13-24(22)23;1-6-2-4-7(5-3-6)8(10)9(11)12/h2-13,15,18,27H,14,16-17H2,1H3;2-5,8H,1H3. The summed E-state index contributed by atoms with van der Waals surface area (Å²) in [6.45, 7) is 4.94. The molecule has 1 aromatic heterocycles. The van der Waals surface area contributed by atoms with Gasteiger partial charge in [0.1, 0.15) is 10.9 Å². The summed E-state index contributed by atoms with van der Waals surface area (Å²) in [6, 6.07) is 32.4. The zero-order valence-corrected chi connectivity index (χ0v) is 26.0. The van der Waals surface area contributed by atoms with Crippen LogP contribution in [0.4, 0.5) is 5.69 Å². The van der Waals surface area contributed by atoms with Gasteiger partial charge >= 0.3 is 0 Å². The number of carbonyl (C=O) groups excluding carboxylic acids is 2. The van der Waals surface area contributed by atoms with Gasteiger partial charge in [-0.2, -0.15) is 0 Å². The number of aromatic nitrogens is 1. The Labute approximate surface area is 260 Å². The fourth-order valence-corrected chi connectivity index (χ4v) is 5.85. The lowest BCUT2D eigenvalue weighted by atomic mass is 9.93. The number of para-hydroxylation sites is 1. The minimum Gasteiger partial charge on any atom is -0.357 e. The van der Waals surface area contributed by atoms with Crippen molar-refractivity contribution in [1.29, 1.82) is 0 Å². The summed E-state index contributed by atoms with van der Waals surface area (Å²) in [7, 11) is 0. The molecule has 5 aromatic rings. The van der Waals surface area contributed by atoms with Crippen LogP contribution < -0.4 is 4.90 Å². The van der Waals surface area contributed by atoms with Crippen molar-refractivity contribution in [1.82, 2.24) is 4.98 Å². The van der Waals surface area contributed by atoms with E-state index < -0.39 is 0 Å². The van der Waals surface area contributed by atoms with Crippen LogP contribution in [0.25, 0.3) is 10.8 Å². The third-order valence-corrected chi connectivity index (χ3v) is 9.06. The largest absolute Gasteiger partial charge is 0.357 e. The average molecular weight is 640 g/mol. The third-order valence-electron chi connectivity index (χ3n) is 7.64. The van der Waals surface area contributed by atoms with Gasteiger partial charge in [-0.1, -0.05) is 112 Å². The Bertz CT molecular complexity index is 1700. The summed E-state index contributed by atoms with van der Waals surface area (Å²) in [5.41, 5.74) is 7.88. The minimum atomic E-state index is -0.390. The highest BCUT2D eigenvalue weighted by Crippen LogP contribution is 2.36. The molecular formula is C36H32BrClN2O2. The summed E-state index contributed by atoms with van der Waals surface area (Å²) >= 11 is 8.51. The summed E-state index contributed by atoms with van der Waals surface area (Å²) in [5.74, 6) is 0.222. The molecule has 2 unspecified atom stereocenters. The number of anilines is 1. The zero-order chi connectivity index (χ0) is 29.6. The lowest BCUT2D eigenvalue weighted by Crippen LogP contribution is -2.34. The van der Waals surface area contributed by atoms with Crippen molar-refractivity contribution in [3.63, 3.8) is 0 Å². The monoisotopic (exact) mass is 638 g/mol. The van der Waals surface area contributed by atoms with Crippen molar-refractivity contribution in [2.24, 2.45) is 0 Å². The Morgan fingerprint density at radius 3 is 2.21 bits per heavy atom. The number of aryl methyl sites for hydroxylation is 2. The van der Waals surface area contributed by atoms with E-state index in [1.54, 1.807) is 6.20 Å². The number of Topliss-reactive ketones (excluding diaryl/α,β-unsaturated/α-hetero) is 1. The van der Waals surface area contributed by atoms with Crippen molar-refractivity contribution in [3.05, 3.63) is 143 Å². The van der Waals surface area contributed by atoms with Crippen LogP contribution in [-0.4, -0.2) is 22.6 Å².